The van der Waals surface area contributed by atoms with Gasteiger partial charge < -0.3 is 4.74 Å². The fraction of sp³-hybridized carbons (Fsp3) is 0.0476. The van der Waals surface area contributed by atoms with Crippen molar-refractivity contribution in [3.63, 3.8) is 0 Å². The molecule has 0 radical (unpaired) electrons. The Morgan fingerprint density at radius 3 is 2.50 bits per heavy atom. The molecule has 0 bridgehead atoms. The van der Waals surface area contributed by atoms with Crippen LogP contribution < -0.4 is 4.74 Å². The van der Waals surface area contributed by atoms with Crippen molar-refractivity contribution < 1.29 is 9.53 Å². The van der Waals surface area contributed by atoms with Gasteiger partial charge in [0.25, 0.3) is 0 Å². The lowest BCUT2D eigenvalue weighted by atomic mass is 10.1. The van der Waals surface area contributed by atoms with Gasteiger partial charge in [-0.15, -0.1) is 0 Å². The predicted molar refractivity (Wildman–Crippen MR) is 97.6 cm³/mol. The SMILES string of the molecule is C=C(C)C(=O)Oc1ccc(C=Cc2ccc3ccccc3n2)cc1. The number of fused-ring (bicyclic) bond motifs is 1. The molecule has 3 nitrogen and oxygen atoms in total. The Morgan fingerprint density at radius 1 is 1.00 bits per heavy atom. The molecule has 0 fully saturated rings. The van der Waals surface area contributed by atoms with Gasteiger partial charge in [0.2, 0.25) is 0 Å². The molecule has 0 N–H and O–H groups in total. The molecule has 3 heteroatoms. The van der Waals surface area contributed by atoms with E-state index in [0.717, 1.165) is 22.2 Å². The Labute approximate surface area is 140 Å². The first-order valence-electron chi connectivity index (χ1n) is 7.63. The van der Waals surface area contributed by atoms with Crippen molar-refractivity contribution in [1.29, 1.82) is 0 Å². The summed E-state index contributed by atoms with van der Waals surface area (Å²) in [5.41, 5.74) is 3.25. The number of esters is 1. The van der Waals surface area contributed by atoms with Gasteiger partial charge in [-0.3, -0.25) is 0 Å². The third kappa shape index (κ3) is 3.76. The summed E-state index contributed by atoms with van der Waals surface area (Å²) in [5, 5.41) is 1.12. The molecule has 1 heterocycles. The monoisotopic (exact) mass is 315 g/mol. The zero-order valence-electron chi connectivity index (χ0n) is 13.4. The van der Waals surface area contributed by atoms with Crippen molar-refractivity contribution in [3.8, 4) is 5.75 Å². The molecule has 1 aromatic heterocycles. The Bertz CT molecular complexity index is 924. The van der Waals surface area contributed by atoms with Gasteiger partial charge >= 0.3 is 5.97 Å². The lowest BCUT2D eigenvalue weighted by Crippen LogP contribution is -2.07. The molecule has 0 saturated heterocycles. The van der Waals surface area contributed by atoms with Crippen LogP contribution in [0.25, 0.3) is 23.1 Å². The average Bonchev–Trinajstić information content (AvgIpc) is 2.61. The quantitative estimate of drug-likeness (QED) is 0.391. The van der Waals surface area contributed by atoms with Crippen LogP contribution in [0.4, 0.5) is 0 Å². The van der Waals surface area contributed by atoms with E-state index in [1.54, 1.807) is 19.1 Å². The number of hydrogen-bond acceptors (Lipinski definition) is 3. The summed E-state index contributed by atoms with van der Waals surface area (Å²) >= 11 is 0. The summed E-state index contributed by atoms with van der Waals surface area (Å²) < 4.78 is 5.17. The van der Waals surface area contributed by atoms with E-state index in [1.807, 2.05) is 54.6 Å². The van der Waals surface area contributed by atoms with E-state index in [0.29, 0.717) is 11.3 Å². The summed E-state index contributed by atoms with van der Waals surface area (Å²) in [7, 11) is 0. The van der Waals surface area contributed by atoms with Crippen LogP contribution in [0.15, 0.2) is 72.8 Å². The molecule has 0 unspecified atom stereocenters. The van der Waals surface area contributed by atoms with E-state index in [2.05, 4.69) is 17.6 Å². The van der Waals surface area contributed by atoms with Gasteiger partial charge in [0.1, 0.15) is 5.75 Å². The van der Waals surface area contributed by atoms with Gasteiger partial charge in [-0.2, -0.15) is 0 Å². The van der Waals surface area contributed by atoms with E-state index in [4.69, 9.17) is 4.74 Å². The third-order valence-electron chi connectivity index (χ3n) is 3.51. The number of nitrogens with zero attached hydrogens (tertiary/aromatic N) is 1. The fourth-order valence-electron chi connectivity index (χ4n) is 2.20. The first-order chi connectivity index (χ1) is 11.6. The van der Waals surface area contributed by atoms with Gasteiger partial charge in [-0.05, 0) is 42.8 Å². The summed E-state index contributed by atoms with van der Waals surface area (Å²) in [6.45, 7) is 5.18. The van der Waals surface area contributed by atoms with Crippen molar-refractivity contribution in [1.82, 2.24) is 4.98 Å². The molecule has 3 rings (SSSR count). The number of benzene rings is 2. The molecule has 118 valence electrons. The molecule has 0 saturated carbocycles. The van der Waals surface area contributed by atoms with Gasteiger partial charge in [0.15, 0.2) is 0 Å². The minimum Gasteiger partial charge on any atom is -0.423 e. The summed E-state index contributed by atoms with van der Waals surface area (Å²) in [5.74, 6) is 0.0858. The Morgan fingerprint density at radius 2 is 1.75 bits per heavy atom. The number of aromatic nitrogens is 1. The molecule has 0 atom stereocenters. The van der Waals surface area contributed by atoms with Crippen LogP contribution in [-0.2, 0) is 4.79 Å². The van der Waals surface area contributed by atoms with Crippen molar-refractivity contribution >= 4 is 29.0 Å². The van der Waals surface area contributed by atoms with E-state index in [-0.39, 0.29) is 0 Å². The molecular formula is C21H17NO2. The van der Waals surface area contributed by atoms with E-state index >= 15 is 0 Å². The lowest BCUT2D eigenvalue weighted by molar-refractivity contribution is -0.130. The molecule has 0 aliphatic rings. The molecule has 0 amide bonds. The normalized spacial score (nSPS) is 10.9. The largest absolute Gasteiger partial charge is 0.423 e. The van der Waals surface area contributed by atoms with Crippen LogP contribution in [0.3, 0.4) is 0 Å². The minimum atomic E-state index is -0.418. The minimum absolute atomic E-state index is 0.376. The highest BCUT2D eigenvalue weighted by molar-refractivity contribution is 5.88. The standard InChI is InChI=1S/C21H17NO2/c1-15(2)21(23)24-19-13-8-16(9-14-19)7-11-18-12-10-17-5-3-4-6-20(17)22-18/h3-14H,1H2,2H3. The lowest BCUT2D eigenvalue weighted by Gasteiger charge is -2.03. The molecule has 0 aliphatic carbocycles. The second-order valence-electron chi connectivity index (χ2n) is 5.50. The van der Waals surface area contributed by atoms with Crippen LogP contribution in [0.1, 0.15) is 18.2 Å². The second-order valence-corrected chi connectivity index (χ2v) is 5.50. The van der Waals surface area contributed by atoms with Crippen LogP contribution in [-0.4, -0.2) is 11.0 Å². The first kappa shape index (κ1) is 15.7. The van der Waals surface area contributed by atoms with E-state index < -0.39 is 5.97 Å². The highest BCUT2D eigenvalue weighted by Gasteiger charge is 2.04. The number of para-hydroxylation sites is 1. The van der Waals surface area contributed by atoms with E-state index in [1.165, 1.54) is 0 Å². The van der Waals surface area contributed by atoms with Crippen molar-refractivity contribution in [2.75, 3.05) is 0 Å². The van der Waals surface area contributed by atoms with Crippen molar-refractivity contribution in [2.24, 2.45) is 0 Å². The van der Waals surface area contributed by atoms with Crippen molar-refractivity contribution in [3.05, 3.63) is 84.1 Å². The molecular weight excluding hydrogens is 298 g/mol. The number of pyridine rings is 1. The number of rotatable bonds is 4. The van der Waals surface area contributed by atoms with Gasteiger partial charge in [-0.25, -0.2) is 9.78 Å². The maximum absolute atomic E-state index is 11.5. The summed E-state index contributed by atoms with van der Waals surface area (Å²) in [4.78, 5) is 16.1. The maximum Gasteiger partial charge on any atom is 0.338 e. The van der Waals surface area contributed by atoms with Gasteiger partial charge in [0, 0.05) is 11.0 Å². The number of hydrogen-bond donors (Lipinski definition) is 0. The molecule has 0 spiro atoms. The predicted octanol–water partition coefficient (Wildman–Crippen LogP) is 4.89. The topological polar surface area (TPSA) is 39.2 Å². The summed E-state index contributed by atoms with van der Waals surface area (Å²) in [6.07, 6.45) is 3.93. The fourth-order valence-corrected chi connectivity index (χ4v) is 2.20. The van der Waals surface area contributed by atoms with Crippen LogP contribution in [0, 0.1) is 0 Å². The Hall–Kier alpha value is -3.20. The zero-order chi connectivity index (χ0) is 16.9. The van der Waals surface area contributed by atoms with Crippen molar-refractivity contribution in [2.45, 2.75) is 6.92 Å². The first-order valence-corrected chi connectivity index (χ1v) is 7.63. The highest BCUT2D eigenvalue weighted by atomic mass is 16.5. The highest BCUT2D eigenvalue weighted by Crippen LogP contribution is 2.17. The maximum atomic E-state index is 11.5. The molecule has 3 aromatic rings. The van der Waals surface area contributed by atoms with Gasteiger partial charge in [0.05, 0.1) is 11.2 Å². The summed E-state index contributed by atoms with van der Waals surface area (Å²) in [6, 6.07) is 19.4. The third-order valence-corrected chi connectivity index (χ3v) is 3.51. The second kappa shape index (κ2) is 6.92. The molecule has 2 aromatic carbocycles. The molecule has 24 heavy (non-hydrogen) atoms. The average molecular weight is 315 g/mol. The van der Waals surface area contributed by atoms with Crippen LogP contribution >= 0.6 is 0 Å². The van der Waals surface area contributed by atoms with E-state index in [9.17, 15) is 4.79 Å². The van der Waals surface area contributed by atoms with Crippen LogP contribution in [0.5, 0.6) is 5.75 Å². The number of ether oxygens (including phenoxy) is 1. The Kier molecular flexibility index (Phi) is 4.52. The van der Waals surface area contributed by atoms with Gasteiger partial charge in [-0.1, -0.05) is 49.1 Å². The number of carbonyl (C=O) groups excluding carboxylic acids is 1. The zero-order valence-corrected chi connectivity index (χ0v) is 13.4. The smallest absolute Gasteiger partial charge is 0.338 e. The van der Waals surface area contributed by atoms with Crippen LogP contribution in [0.2, 0.25) is 0 Å². The Balaban J connectivity index is 1.73. The number of carbonyl (C=O) groups is 1. The molecule has 0 aliphatic heterocycles.